The van der Waals surface area contributed by atoms with Crippen LogP contribution in [-0.4, -0.2) is 43.9 Å². The van der Waals surface area contributed by atoms with E-state index in [1.165, 1.54) is 16.8 Å². The van der Waals surface area contributed by atoms with E-state index < -0.39 is 16.7 Å². The summed E-state index contributed by atoms with van der Waals surface area (Å²) in [6.07, 6.45) is 1.93. The molecular weight excluding hydrogens is 342 g/mol. The van der Waals surface area contributed by atoms with Gasteiger partial charge in [-0.3, -0.25) is 34.1 Å². The first-order valence-corrected chi connectivity index (χ1v) is 7.81. The first-order valence-electron chi connectivity index (χ1n) is 7.81. The highest BCUT2D eigenvalue weighted by molar-refractivity contribution is 6.21. The van der Waals surface area contributed by atoms with E-state index in [9.17, 15) is 24.5 Å². The summed E-state index contributed by atoms with van der Waals surface area (Å²) in [7, 11) is 1.69. The van der Waals surface area contributed by atoms with Gasteiger partial charge in [0.1, 0.15) is 5.82 Å². The summed E-state index contributed by atoms with van der Waals surface area (Å²) in [6.45, 7) is 0.0545. The molecule has 1 N–H and O–H groups in total. The minimum atomic E-state index is -0.622. The molecule has 0 radical (unpaired) electrons. The molecule has 3 amide bonds. The molecule has 1 aliphatic heterocycles. The van der Waals surface area contributed by atoms with Crippen molar-refractivity contribution in [3.05, 3.63) is 51.7 Å². The number of fused-ring (bicyclic) bond motifs is 1. The fraction of sp³-hybridized carbons (Fsp3) is 0.250. The lowest BCUT2D eigenvalue weighted by Gasteiger charge is -2.13. The number of imide groups is 1. The number of non-ortho nitro benzene ring substituents is 1. The molecule has 0 spiro atoms. The second-order valence-corrected chi connectivity index (χ2v) is 5.74. The summed E-state index contributed by atoms with van der Waals surface area (Å²) < 4.78 is 1.51. The Morgan fingerprint density at radius 2 is 1.96 bits per heavy atom. The molecule has 10 nitrogen and oxygen atoms in total. The minimum Gasteiger partial charge on any atom is -0.311 e. The van der Waals surface area contributed by atoms with Crippen molar-refractivity contribution in [3.8, 4) is 0 Å². The van der Waals surface area contributed by atoms with Gasteiger partial charge in [-0.05, 0) is 12.5 Å². The van der Waals surface area contributed by atoms with Crippen LogP contribution in [0.25, 0.3) is 0 Å². The molecule has 0 bridgehead atoms. The Kier molecular flexibility index (Phi) is 4.48. The summed E-state index contributed by atoms with van der Waals surface area (Å²) >= 11 is 0. The van der Waals surface area contributed by atoms with Crippen LogP contribution in [0, 0.1) is 10.1 Å². The lowest BCUT2D eigenvalue weighted by Crippen LogP contribution is -2.31. The number of carbonyl (C=O) groups excluding carboxylic acids is 3. The van der Waals surface area contributed by atoms with Gasteiger partial charge in [-0.15, -0.1) is 0 Å². The number of nitrogens with one attached hydrogen (secondary N) is 1. The second kappa shape index (κ2) is 6.75. The van der Waals surface area contributed by atoms with Crippen LogP contribution in [0.3, 0.4) is 0 Å². The Morgan fingerprint density at radius 1 is 1.23 bits per heavy atom. The SMILES string of the molecule is Cn1nccc1NC(=O)CCCN1C(=O)c2ccc([N+](=O)[O-])cc2C1=O. The fourth-order valence-electron chi connectivity index (χ4n) is 2.69. The highest BCUT2D eigenvalue weighted by atomic mass is 16.6. The van der Waals surface area contributed by atoms with Gasteiger partial charge in [-0.1, -0.05) is 0 Å². The van der Waals surface area contributed by atoms with Crippen LogP contribution < -0.4 is 5.32 Å². The monoisotopic (exact) mass is 357 g/mol. The maximum atomic E-state index is 12.3. The van der Waals surface area contributed by atoms with Crippen molar-refractivity contribution in [2.45, 2.75) is 12.8 Å². The number of aromatic nitrogens is 2. The molecule has 0 saturated heterocycles. The fourth-order valence-corrected chi connectivity index (χ4v) is 2.69. The van der Waals surface area contributed by atoms with E-state index in [-0.39, 0.29) is 42.1 Å². The number of rotatable bonds is 6. The summed E-state index contributed by atoms with van der Waals surface area (Å²) in [5.41, 5.74) is -0.0919. The average molecular weight is 357 g/mol. The molecule has 0 atom stereocenters. The van der Waals surface area contributed by atoms with Gasteiger partial charge in [0.2, 0.25) is 5.91 Å². The Balaban J connectivity index is 1.60. The lowest BCUT2D eigenvalue weighted by atomic mass is 10.1. The molecule has 0 saturated carbocycles. The lowest BCUT2D eigenvalue weighted by molar-refractivity contribution is -0.384. The predicted octanol–water partition coefficient (Wildman–Crippen LogP) is 1.34. The summed E-state index contributed by atoms with van der Waals surface area (Å²) in [6, 6.07) is 5.22. The van der Waals surface area contributed by atoms with Crippen molar-refractivity contribution in [2.24, 2.45) is 7.05 Å². The van der Waals surface area contributed by atoms with Crippen molar-refractivity contribution < 1.29 is 19.3 Å². The van der Waals surface area contributed by atoms with Crippen LogP contribution in [0.1, 0.15) is 33.6 Å². The quantitative estimate of drug-likeness (QED) is 0.472. The van der Waals surface area contributed by atoms with Gasteiger partial charge in [-0.2, -0.15) is 5.10 Å². The normalized spacial score (nSPS) is 13.0. The number of anilines is 1. The molecule has 1 aliphatic rings. The zero-order chi connectivity index (χ0) is 18.8. The summed E-state index contributed by atoms with van der Waals surface area (Å²) in [4.78, 5) is 47.7. The molecule has 1 aromatic carbocycles. The van der Waals surface area contributed by atoms with Crippen LogP contribution >= 0.6 is 0 Å². The van der Waals surface area contributed by atoms with Gasteiger partial charge in [0.15, 0.2) is 0 Å². The van der Waals surface area contributed by atoms with Gasteiger partial charge in [0.25, 0.3) is 17.5 Å². The number of amides is 3. The van der Waals surface area contributed by atoms with E-state index in [2.05, 4.69) is 10.4 Å². The number of carbonyl (C=O) groups is 3. The van der Waals surface area contributed by atoms with E-state index in [4.69, 9.17) is 0 Å². The Labute approximate surface area is 147 Å². The number of nitro groups is 1. The number of aryl methyl sites for hydroxylation is 1. The van der Waals surface area contributed by atoms with Crippen molar-refractivity contribution in [3.63, 3.8) is 0 Å². The molecule has 26 heavy (non-hydrogen) atoms. The van der Waals surface area contributed by atoms with E-state index >= 15 is 0 Å². The maximum Gasteiger partial charge on any atom is 0.270 e. The molecule has 2 aromatic rings. The number of hydrogen-bond donors (Lipinski definition) is 1. The molecular formula is C16H15N5O5. The van der Waals surface area contributed by atoms with Crippen LogP contribution in [0.5, 0.6) is 0 Å². The highest BCUT2D eigenvalue weighted by Gasteiger charge is 2.36. The molecule has 2 heterocycles. The third-order valence-electron chi connectivity index (χ3n) is 4.04. The van der Waals surface area contributed by atoms with Crippen molar-refractivity contribution in [2.75, 3.05) is 11.9 Å². The van der Waals surface area contributed by atoms with Gasteiger partial charge in [0, 0.05) is 38.2 Å². The molecule has 1 aromatic heterocycles. The van der Waals surface area contributed by atoms with Crippen molar-refractivity contribution >= 4 is 29.2 Å². The molecule has 0 aliphatic carbocycles. The number of hydrogen-bond acceptors (Lipinski definition) is 6. The van der Waals surface area contributed by atoms with E-state index in [1.807, 2.05) is 0 Å². The third-order valence-corrected chi connectivity index (χ3v) is 4.04. The molecule has 0 unspecified atom stereocenters. The van der Waals surface area contributed by atoms with Gasteiger partial charge >= 0.3 is 0 Å². The topological polar surface area (TPSA) is 127 Å². The van der Waals surface area contributed by atoms with Crippen LogP contribution in [0.2, 0.25) is 0 Å². The van der Waals surface area contributed by atoms with E-state index in [0.717, 1.165) is 11.0 Å². The second-order valence-electron chi connectivity index (χ2n) is 5.74. The van der Waals surface area contributed by atoms with Gasteiger partial charge < -0.3 is 5.32 Å². The number of benzene rings is 1. The third kappa shape index (κ3) is 3.16. The zero-order valence-electron chi connectivity index (χ0n) is 13.8. The van der Waals surface area contributed by atoms with Gasteiger partial charge in [-0.25, -0.2) is 0 Å². The Hall–Kier alpha value is -3.56. The summed E-state index contributed by atoms with van der Waals surface area (Å²) in [5, 5.41) is 17.4. The van der Waals surface area contributed by atoms with E-state index in [1.54, 1.807) is 19.3 Å². The first kappa shape index (κ1) is 17.3. The average Bonchev–Trinajstić information content (AvgIpc) is 3.11. The number of nitrogens with zero attached hydrogens (tertiary/aromatic N) is 4. The van der Waals surface area contributed by atoms with Crippen LogP contribution in [0.15, 0.2) is 30.5 Å². The Morgan fingerprint density at radius 3 is 2.62 bits per heavy atom. The van der Waals surface area contributed by atoms with Crippen molar-refractivity contribution in [1.29, 1.82) is 0 Å². The standard InChI is InChI=1S/C16H15N5O5/c1-19-13(6-7-17-19)18-14(22)3-2-8-20-15(23)11-5-4-10(21(25)26)9-12(11)16(20)24/h4-7,9H,2-3,8H2,1H3,(H,18,22). The smallest absolute Gasteiger partial charge is 0.270 e. The predicted molar refractivity (Wildman–Crippen MR) is 89.5 cm³/mol. The van der Waals surface area contributed by atoms with E-state index in [0.29, 0.717) is 5.82 Å². The van der Waals surface area contributed by atoms with Crippen LogP contribution in [-0.2, 0) is 11.8 Å². The molecule has 10 heteroatoms. The molecule has 0 fully saturated rings. The largest absolute Gasteiger partial charge is 0.311 e. The zero-order valence-corrected chi connectivity index (χ0v) is 13.8. The minimum absolute atomic E-state index is 0.0172. The number of nitro benzene ring substituents is 1. The van der Waals surface area contributed by atoms with Crippen molar-refractivity contribution in [1.82, 2.24) is 14.7 Å². The molecule has 3 rings (SSSR count). The Bertz CT molecular complexity index is 920. The first-order chi connectivity index (χ1) is 12.4. The highest BCUT2D eigenvalue weighted by Crippen LogP contribution is 2.27. The van der Waals surface area contributed by atoms with Crippen LogP contribution in [0.4, 0.5) is 11.5 Å². The molecule has 134 valence electrons. The summed E-state index contributed by atoms with van der Waals surface area (Å²) in [5.74, 6) is -0.809. The maximum absolute atomic E-state index is 12.3. The van der Waals surface area contributed by atoms with Gasteiger partial charge in [0.05, 0.1) is 22.2 Å².